The molecule has 2 N–H and O–H groups in total. The normalized spacial score (nSPS) is 10.2. The molecule has 0 aliphatic rings. The first-order valence-corrected chi connectivity index (χ1v) is 7.37. The fourth-order valence-corrected chi connectivity index (χ4v) is 1.91. The molecule has 0 radical (unpaired) electrons. The van der Waals surface area contributed by atoms with Crippen LogP contribution >= 0.6 is 0 Å². The van der Waals surface area contributed by atoms with Crippen LogP contribution in [-0.4, -0.2) is 30.0 Å². The molecule has 2 amide bonds. The largest absolute Gasteiger partial charge is 0.493 e. The van der Waals surface area contributed by atoms with E-state index in [0.717, 1.165) is 0 Å². The Morgan fingerprint density at radius 1 is 1.04 bits per heavy atom. The van der Waals surface area contributed by atoms with Crippen molar-refractivity contribution in [3.05, 3.63) is 53.9 Å². The molecule has 1 aromatic carbocycles. The molecule has 0 saturated carbocycles. The Hall–Kier alpha value is -3.09. The summed E-state index contributed by atoms with van der Waals surface area (Å²) < 4.78 is 10.8. The maximum absolute atomic E-state index is 12.1. The molecule has 0 aliphatic heterocycles. The minimum atomic E-state index is -0.504. The predicted molar refractivity (Wildman–Crippen MR) is 87.9 cm³/mol. The van der Waals surface area contributed by atoms with Gasteiger partial charge in [0.2, 0.25) is 0 Å². The standard InChI is InChI=1S/C17H19N3O4/c1-11(2)24-14-8-7-12(10-15(14)23-3)16(21)19-20-17(22)13-6-4-5-9-18-13/h4-11H,1-3H3,(H,19,21)(H,20,22). The lowest BCUT2D eigenvalue weighted by atomic mass is 10.2. The number of aromatic nitrogens is 1. The van der Waals surface area contributed by atoms with Gasteiger partial charge in [-0.25, -0.2) is 0 Å². The van der Waals surface area contributed by atoms with Crippen LogP contribution in [0.2, 0.25) is 0 Å². The number of carbonyl (C=O) groups excluding carboxylic acids is 2. The number of nitrogens with zero attached hydrogens (tertiary/aromatic N) is 1. The number of benzene rings is 1. The van der Waals surface area contributed by atoms with Gasteiger partial charge in [0, 0.05) is 11.8 Å². The molecule has 0 unspecified atom stereocenters. The van der Waals surface area contributed by atoms with E-state index < -0.39 is 11.8 Å². The molecular formula is C17H19N3O4. The fraction of sp³-hybridized carbons (Fsp3) is 0.235. The van der Waals surface area contributed by atoms with Crippen LogP contribution in [0.15, 0.2) is 42.6 Å². The van der Waals surface area contributed by atoms with Gasteiger partial charge in [0.1, 0.15) is 5.69 Å². The number of amides is 2. The van der Waals surface area contributed by atoms with Crippen LogP contribution in [0.4, 0.5) is 0 Å². The van der Waals surface area contributed by atoms with E-state index in [9.17, 15) is 9.59 Å². The second kappa shape index (κ2) is 7.96. The van der Waals surface area contributed by atoms with Crippen molar-refractivity contribution in [3.63, 3.8) is 0 Å². The van der Waals surface area contributed by atoms with Crippen LogP contribution in [0.25, 0.3) is 0 Å². The number of hydrazine groups is 1. The van der Waals surface area contributed by atoms with Crippen molar-refractivity contribution >= 4 is 11.8 Å². The zero-order valence-electron chi connectivity index (χ0n) is 13.7. The maximum atomic E-state index is 12.1. The van der Waals surface area contributed by atoms with Crippen molar-refractivity contribution in [2.45, 2.75) is 20.0 Å². The molecule has 126 valence electrons. The van der Waals surface area contributed by atoms with Crippen LogP contribution < -0.4 is 20.3 Å². The minimum absolute atomic E-state index is 0.0174. The lowest BCUT2D eigenvalue weighted by Crippen LogP contribution is -2.41. The average Bonchev–Trinajstić information content (AvgIpc) is 2.60. The van der Waals surface area contributed by atoms with Crippen molar-refractivity contribution in [3.8, 4) is 11.5 Å². The third-order valence-corrected chi connectivity index (χ3v) is 2.98. The maximum Gasteiger partial charge on any atom is 0.288 e. The van der Waals surface area contributed by atoms with Gasteiger partial charge in [-0.05, 0) is 44.2 Å². The number of nitrogens with one attached hydrogen (secondary N) is 2. The molecule has 24 heavy (non-hydrogen) atoms. The Morgan fingerprint density at radius 2 is 1.79 bits per heavy atom. The third kappa shape index (κ3) is 4.45. The van der Waals surface area contributed by atoms with Crippen molar-refractivity contribution < 1.29 is 19.1 Å². The van der Waals surface area contributed by atoms with Crippen molar-refractivity contribution in [2.24, 2.45) is 0 Å². The molecular weight excluding hydrogens is 310 g/mol. The summed E-state index contributed by atoms with van der Waals surface area (Å²) >= 11 is 0. The topological polar surface area (TPSA) is 89.6 Å². The molecule has 2 aromatic rings. The summed E-state index contributed by atoms with van der Waals surface area (Å²) in [6.07, 6.45) is 1.48. The van der Waals surface area contributed by atoms with E-state index in [2.05, 4.69) is 15.8 Å². The molecule has 0 fully saturated rings. The number of hydrogen-bond acceptors (Lipinski definition) is 5. The van der Waals surface area contributed by atoms with Crippen molar-refractivity contribution in [1.29, 1.82) is 0 Å². The van der Waals surface area contributed by atoms with Crippen LogP contribution in [0.5, 0.6) is 11.5 Å². The quantitative estimate of drug-likeness (QED) is 0.819. The van der Waals surface area contributed by atoms with Gasteiger partial charge in [-0.3, -0.25) is 25.4 Å². The summed E-state index contributed by atoms with van der Waals surface area (Å²) in [4.78, 5) is 27.9. The molecule has 7 nitrogen and oxygen atoms in total. The van der Waals surface area contributed by atoms with Gasteiger partial charge >= 0.3 is 0 Å². The van der Waals surface area contributed by atoms with E-state index in [1.807, 2.05) is 13.8 Å². The number of ether oxygens (including phenoxy) is 2. The van der Waals surface area contributed by atoms with E-state index in [4.69, 9.17) is 9.47 Å². The number of pyridine rings is 1. The molecule has 1 aromatic heterocycles. The highest BCUT2D eigenvalue weighted by molar-refractivity contribution is 5.98. The first-order chi connectivity index (χ1) is 11.5. The molecule has 0 atom stereocenters. The second-order valence-corrected chi connectivity index (χ2v) is 5.16. The number of hydrogen-bond donors (Lipinski definition) is 2. The summed E-state index contributed by atoms with van der Waals surface area (Å²) in [6.45, 7) is 3.79. The summed E-state index contributed by atoms with van der Waals surface area (Å²) in [5.41, 5.74) is 5.17. The van der Waals surface area contributed by atoms with Crippen LogP contribution in [-0.2, 0) is 0 Å². The Morgan fingerprint density at radius 3 is 2.42 bits per heavy atom. The van der Waals surface area contributed by atoms with Gasteiger partial charge < -0.3 is 9.47 Å². The van der Waals surface area contributed by atoms with E-state index in [1.54, 1.807) is 36.4 Å². The predicted octanol–water partition coefficient (Wildman–Crippen LogP) is 1.95. The van der Waals surface area contributed by atoms with Gasteiger partial charge in [0.15, 0.2) is 11.5 Å². The van der Waals surface area contributed by atoms with Gasteiger partial charge in [-0.1, -0.05) is 6.07 Å². The molecule has 7 heteroatoms. The average molecular weight is 329 g/mol. The monoisotopic (exact) mass is 329 g/mol. The van der Waals surface area contributed by atoms with Gasteiger partial charge in [0.05, 0.1) is 13.2 Å². The first-order valence-electron chi connectivity index (χ1n) is 7.37. The molecule has 0 aliphatic carbocycles. The van der Waals surface area contributed by atoms with Gasteiger partial charge in [0.25, 0.3) is 11.8 Å². The van der Waals surface area contributed by atoms with Crippen molar-refractivity contribution in [1.82, 2.24) is 15.8 Å². The highest BCUT2D eigenvalue weighted by Crippen LogP contribution is 2.28. The van der Waals surface area contributed by atoms with Crippen LogP contribution in [0.3, 0.4) is 0 Å². The Kier molecular flexibility index (Phi) is 5.73. The number of carbonyl (C=O) groups is 2. The van der Waals surface area contributed by atoms with Crippen LogP contribution in [0.1, 0.15) is 34.7 Å². The Bertz CT molecular complexity index is 717. The first kappa shape index (κ1) is 17.3. The fourth-order valence-electron chi connectivity index (χ4n) is 1.91. The smallest absolute Gasteiger partial charge is 0.288 e. The zero-order valence-corrected chi connectivity index (χ0v) is 13.7. The molecule has 2 rings (SSSR count). The lowest BCUT2D eigenvalue weighted by molar-refractivity contribution is 0.0843. The summed E-state index contributed by atoms with van der Waals surface area (Å²) in [5.74, 6) is -0.00155. The Balaban J connectivity index is 2.03. The van der Waals surface area contributed by atoms with Crippen LogP contribution in [0, 0.1) is 0 Å². The summed E-state index contributed by atoms with van der Waals surface area (Å²) in [5, 5.41) is 0. The Labute approximate surface area is 140 Å². The SMILES string of the molecule is COc1cc(C(=O)NNC(=O)c2ccccn2)ccc1OC(C)C. The molecule has 0 bridgehead atoms. The minimum Gasteiger partial charge on any atom is -0.493 e. The van der Waals surface area contributed by atoms with Gasteiger partial charge in [-0.15, -0.1) is 0 Å². The highest BCUT2D eigenvalue weighted by atomic mass is 16.5. The molecule has 0 spiro atoms. The van der Waals surface area contributed by atoms with Gasteiger partial charge in [-0.2, -0.15) is 0 Å². The lowest BCUT2D eigenvalue weighted by Gasteiger charge is -2.14. The zero-order chi connectivity index (χ0) is 17.5. The number of methoxy groups -OCH3 is 1. The number of rotatable bonds is 5. The van der Waals surface area contributed by atoms with Crippen molar-refractivity contribution in [2.75, 3.05) is 7.11 Å². The van der Waals surface area contributed by atoms with E-state index >= 15 is 0 Å². The highest BCUT2D eigenvalue weighted by Gasteiger charge is 2.13. The van der Waals surface area contributed by atoms with E-state index in [0.29, 0.717) is 17.1 Å². The van der Waals surface area contributed by atoms with E-state index in [1.165, 1.54) is 13.3 Å². The molecule has 0 saturated heterocycles. The molecule has 1 heterocycles. The third-order valence-electron chi connectivity index (χ3n) is 2.98. The summed E-state index contributed by atoms with van der Waals surface area (Å²) in [6, 6.07) is 9.70. The van der Waals surface area contributed by atoms with E-state index in [-0.39, 0.29) is 11.8 Å². The second-order valence-electron chi connectivity index (χ2n) is 5.16. The summed E-state index contributed by atoms with van der Waals surface area (Å²) in [7, 11) is 1.49.